The molecule has 0 fully saturated rings. The summed E-state index contributed by atoms with van der Waals surface area (Å²) in [4.78, 5) is 9.71. The van der Waals surface area contributed by atoms with Crippen LogP contribution in [0.1, 0.15) is 13.3 Å². The average molecular weight is 227 g/mol. The van der Waals surface area contributed by atoms with Gasteiger partial charge in [0.15, 0.2) is 11.5 Å². The van der Waals surface area contributed by atoms with Crippen LogP contribution < -0.4 is 9.47 Å². The van der Waals surface area contributed by atoms with Crippen molar-refractivity contribution in [2.24, 2.45) is 0 Å². The molecule has 0 saturated carbocycles. The maximum absolute atomic E-state index is 13.3. The number of benzene rings is 1. The van der Waals surface area contributed by atoms with Crippen LogP contribution in [0.15, 0.2) is 12.1 Å². The van der Waals surface area contributed by atoms with Gasteiger partial charge >= 0.3 is 5.69 Å². The molecule has 1 aromatic rings. The molecule has 86 valence electrons. The Kier molecular flexibility index (Phi) is 2.64. The van der Waals surface area contributed by atoms with Crippen LogP contribution in [0.4, 0.5) is 10.1 Å². The molecule has 1 aliphatic rings. The summed E-state index contributed by atoms with van der Waals surface area (Å²) in [5, 5.41) is 10.5. The molecule has 0 bridgehead atoms. The second kappa shape index (κ2) is 3.96. The molecule has 0 N–H and O–H groups in total. The number of halogens is 1. The minimum Gasteiger partial charge on any atom is -0.486 e. The number of hydrogen-bond donors (Lipinski definition) is 0. The van der Waals surface area contributed by atoms with Gasteiger partial charge in [-0.25, -0.2) is 0 Å². The highest BCUT2D eigenvalue weighted by Gasteiger charge is 2.25. The van der Waals surface area contributed by atoms with Crippen molar-refractivity contribution in [2.75, 3.05) is 6.61 Å². The van der Waals surface area contributed by atoms with Crippen molar-refractivity contribution in [2.45, 2.75) is 19.4 Å². The lowest BCUT2D eigenvalue weighted by atomic mass is 10.2. The van der Waals surface area contributed by atoms with Crippen LogP contribution in [-0.2, 0) is 0 Å². The zero-order valence-electron chi connectivity index (χ0n) is 8.60. The van der Waals surface area contributed by atoms with Crippen molar-refractivity contribution in [3.05, 3.63) is 28.1 Å². The molecule has 1 aromatic carbocycles. The van der Waals surface area contributed by atoms with Gasteiger partial charge < -0.3 is 9.47 Å². The number of hydrogen-bond acceptors (Lipinski definition) is 4. The Hall–Kier alpha value is -1.85. The summed E-state index contributed by atoms with van der Waals surface area (Å²) in [6.45, 7) is 2.24. The van der Waals surface area contributed by atoms with Crippen LogP contribution in [-0.4, -0.2) is 17.6 Å². The molecular formula is C10H10FNO4. The van der Waals surface area contributed by atoms with Gasteiger partial charge in [-0.15, -0.1) is 0 Å². The highest BCUT2D eigenvalue weighted by atomic mass is 19.1. The molecule has 1 aliphatic heterocycles. The molecule has 0 aliphatic carbocycles. The highest BCUT2D eigenvalue weighted by molar-refractivity contribution is 5.50. The summed E-state index contributed by atoms with van der Waals surface area (Å²) in [7, 11) is 0. The van der Waals surface area contributed by atoms with Crippen molar-refractivity contribution in [3.8, 4) is 11.5 Å². The fourth-order valence-electron chi connectivity index (χ4n) is 1.47. The fourth-order valence-corrected chi connectivity index (χ4v) is 1.47. The molecule has 0 amide bonds. The van der Waals surface area contributed by atoms with E-state index in [1.165, 1.54) is 0 Å². The van der Waals surface area contributed by atoms with Gasteiger partial charge in [0.2, 0.25) is 5.82 Å². The normalized spacial score (nSPS) is 18.2. The summed E-state index contributed by atoms with van der Waals surface area (Å²) in [5.41, 5.74) is -0.600. The Morgan fingerprint density at radius 2 is 2.31 bits per heavy atom. The quantitative estimate of drug-likeness (QED) is 0.574. The monoisotopic (exact) mass is 227 g/mol. The van der Waals surface area contributed by atoms with Crippen LogP contribution in [0.5, 0.6) is 11.5 Å². The van der Waals surface area contributed by atoms with E-state index in [2.05, 4.69) is 0 Å². The Bertz CT molecular complexity index is 435. The van der Waals surface area contributed by atoms with E-state index in [0.29, 0.717) is 6.61 Å². The number of nitro groups is 1. The molecule has 16 heavy (non-hydrogen) atoms. The summed E-state index contributed by atoms with van der Waals surface area (Å²) in [6, 6.07) is 2.05. The Balaban J connectivity index is 2.38. The van der Waals surface area contributed by atoms with Gasteiger partial charge in [0.1, 0.15) is 12.7 Å². The van der Waals surface area contributed by atoms with E-state index in [-0.39, 0.29) is 17.6 Å². The lowest BCUT2D eigenvalue weighted by Crippen LogP contribution is -2.28. The molecule has 1 heterocycles. The topological polar surface area (TPSA) is 61.6 Å². The van der Waals surface area contributed by atoms with Crippen molar-refractivity contribution in [3.63, 3.8) is 0 Å². The third-order valence-electron chi connectivity index (χ3n) is 2.38. The average Bonchev–Trinajstić information content (AvgIpc) is 2.27. The van der Waals surface area contributed by atoms with E-state index in [4.69, 9.17) is 9.47 Å². The molecule has 2 rings (SSSR count). The van der Waals surface area contributed by atoms with E-state index in [1.54, 1.807) is 0 Å². The minimum absolute atomic E-state index is 0.131. The van der Waals surface area contributed by atoms with Crippen LogP contribution in [0.2, 0.25) is 0 Å². The third-order valence-corrected chi connectivity index (χ3v) is 2.38. The van der Waals surface area contributed by atoms with Gasteiger partial charge in [0.05, 0.1) is 11.0 Å². The molecule has 5 nitrogen and oxygen atoms in total. The molecule has 1 atom stereocenters. The SMILES string of the molecule is CCC1COc2cc([N+](=O)[O-])c(F)cc2O1. The predicted octanol–water partition coefficient (Wildman–Crippen LogP) is 2.28. The summed E-state index contributed by atoms with van der Waals surface area (Å²) in [6.07, 6.45) is 0.603. The molecular weight excluding hydrogens is 217 g/mol. The zero-order chi connectivity index (χ0) is 11.7. The van der Waals surface area contributed by atoms with E-state index in [9.17, 15) is 14.5 Å². The second-order valence-electron chi connectivity index (χ2n) is 3.47. The Morgan fingerprint density at radius 1 is 1.56 bits per heavy atom. The summed E-state index contributed by atoms with van der Waals surface area (Å²) < 4.78 is 24.0. The number of ether oxygens (including phenoxy) is 2. The molecule has 0 aromatic heterocycles. The van der Waals surface area contributed by atoms with Gasteiger partial charge in [0.25, 0.3) is 0 Å². The number of nitro benzene ring substituents is 1. The van der Waals surface area contributed by atoms with Crippen molar-refractivity contribution in [1.82, 2.24) is 0 Å². The molecule has 0 radical (unpaired) electrons. The Morgan fingerprint density at radius 3 is 2.94 bits per heavy atom. The van der Waals surface area contributed by atoms with Gasteiger partial charge in [0, 0.05) is 6.07 Å². The largest absolute Gasteiger partial charge is 0.486 e. The number of nitrogens with zero attached hydrogens (tertiary/aromatic N) is 1. The van der Waals surface area contributed by atoms with Crippen LogP contribution >= 0.6 is 0 Å². The lowest BCUT2D eigenvalue weighted by Gasteiger charge is -2.25. The van der Waals surface area contributed by atoms with E-state index >= 15 is 0 Å². The first-order valence-electron chi connectivity index (χ1n) is 4.89. The lowest BCUT2D eigenvalue weighted by molar-refractivity contribution is -0.387. The molecule has 0 saturated heterocycles. The second-order valence-corrected chi connectivity index (χ2v) is 3.47. The predicted molar refractivity (Wildman–Crippen MR) is 53.3 cm³/mol. The maximum atomic E-state index is 13.3. The standard InChI is InChI=1S/C10H10FNO4/c1-2-6-5-15-9-4-8(12(13)14)7(11)3-10(9)16-6/h3-4,6H,2,5H2,1H3. The minimum atomic E-state index is -0.913. The first-order valence-corrected chi connectivity index (χ1v) is 4.89. The van der Waals surface area contributed by atoms with E-state index < -0.39 is 16.4 Å². The van der Waals surface area contributed by atoms with Crippen LogP contribution in [0.25, 0.3) is 0 Å². The number of fused-ring (bicyclic) bond motifs is 1. The summed E-state index contributed by atoms with van der Waals surface area (Å²) in [5.74, 6) is -0.469. The first-order chi connectivity index (χ1) is 7.61. The van der Waals surface area contributed by atoms with Crippen LogP contribution in [0, 0.1) is 15.9 Å². The van der Waals surface area contributed by atoms with E-state index in [1.807, 2.05) is 6.92 Å². The van der Waals surface area contributed by atoms with Gasteiger partial charge in [-0.1, -0.05) is 6.92 Å². The molecule has 6 heteroatoms. The van der Waals surface area contributed by atoms with Crippen LogP contribution in [0.3, 0.4) is 0 Å². The first kappa shape index (κ1) is 10.7. The zero-order valence-corrected chi connectivity index (χ0v) is 8.60. The van der Waals surface area contributed by atoms with Crippen molar-refractivity contribution in [1.29, 1.82) is 0 Å². The maximum Gasteiger partial charge on any atom is 0.308 e. The highest BCUT2D eigenvalue weighted by Crippen LogP contribution is 2.37. The van der Waals surface area contributed by atoms with Gasteiger partial charge in [-0.3, -0.25) is 10.1 Å². The third kappa shape index (κ3) is 1.78. The molecule has 1 unspecified atom stereocenters. The Labute approximate surface area is 90.9 Å². The van der Waals surface area contributed by atoms with Gasteiger partial charge in [-0.05, 0) is 6.42 Å². The van der Waals surface area contributed by atoms with Gasteiger partial charge in [-0.2, -0.15) is 4.39 Å². The van der Waals surface area contributed by atoms with Crippen molar-refractivity contribution < 1.29 is 18.8 Å². The van der Waals surface area contributed by atoms with Crippen molar-refractivity contribution >= 4 is 5.69 Å². The smallest absolute Gasteiger partial charge is 0.308 e. The number of rotatable bonds is 2. The summed E-state index contributed by atoms with van der Waals surface area (Å²) >= 11 is 0. The van der Waals surface area contributed by atoms with E-state index in [0.717, 1.165) is 18.6 Å². The molecule has 0 spiro atoms. The fraction of sp³-hybridized carbons (Fsp3) is 0.400.